The normalized spacial score (nSPS) is 11.3. The molecule has 0 saturated carbocycles. The van der Waals surface area contributed by atoms with E-state index >= 15 is 0 Å². The van der Waals surface area contributed by atoms with E-state index in [0.717, 1.165) is 11.1 Å². The molecule has 1 aromatic carbocycles. The molecule has 0 unspecified atom stereocenters. The van der Waals surface area contributed by atoms with Gasteiger partial charge in [0.25, 0.3) is 0 Å². The van der Waals surface area contributed by atoms with Crippen molar-refractivity contribution in [2.75, 3.05) is 0 Å². The molecule has 0 amide bonds. The Morgan fingerprint density at radius 3 is 2.67 bits per heavy atom. The summed E-state index contributed by atoms with van der Waals surface area (Å²) >= 11 is 0. The van der Waals surface area contributed by atoms with Gasteiger partial charge in [-0.2, -0.15) is 5.10 Å². The predicted octanol–water partition coefficient (Wildman–Crippen LogP) is 3.77. The molecule has 5 aromatic rings. The van der Waals surface area contributed by atoms with Crippen LogP contribution in [-0.4, -0.2) is 40.1 Å². The van der Waals surface area contributed by atoms with Gasteiger partial charge in [-0.05, 0) is 25.5 Å². The molecule has 0 saturated heterocycles. The summed E-state index contributed by atoms with van der Waals surface area (Å²) in [5.41, 5.74) is 3.96. The Balaban J connectivity index is 1.51. The average Bonchev–Trinajstić information content (AvgIpc) is 3.39. The highest BCUT2D eigenvalue weighted by atomic mass is 19.1. The van der Waals surface area contributed by atoms with Crippen LogP contribution in [-0.2, 0) is 13.5 Å². The standard InChI is InChI=1S/C24H20FN7O/c1-14-11-26-15(2)28-22(14)18-12-27-31(3)23(18)20(33)9-17-10-21-29-24(16-7-5-4-6-8-16)30-32(21)13-19(17)25/h4-8,10-13H,9H2,1-3H3. The quantitative estimate of drug-likeness (QED) is 0.386. The SMILES string of the molecule is Cc1ncc(C)c(-c2cnn(C)c2C(=O)Cc2cc3nc(-c4ccccc4)nn3cc2F)n1. The first-order chi connectivity index (χ1) is 15.9. The fraction of sp³-hybridized carbons (Fsp3) is 0.167. The number of hydrogen-bond donors (Lipinski definition) is 0. The maximum Gasteiger partial charge on any atom is 0.186 e. The lowest BCUT2D eigenvalue weighted by atomic mass is 10.0. The highest BCUT2D eigenvalue weighted by molar-refractivity contribution is 6.01. The molecule has 9 heteroatoms. The van der Waals surface area contributed by atoms with Gasteiger partial charge in [0.1, 0.15) is 17.3 Å². The summed E-state index contributed by atoms with van der Waals surface area (Å²) in [7, 11) is 1.68. The van der Waals surface area contributed by atoms with Crippen molar-refractivity contribution in [3.63, 3.8) is 0 Å². The van der Waals surface area contributed by atoms with E-state index in [1.807, 2.05) is 37.3 Å². The second-order valence-electron chi connectivity index (χ2n) is 7.83. The molecule has 33 heavy (non-hydrogen) atoms. The minimum Gasteiger partial charge on any atom is -0.292 e. The number of Topliss-reactive ketones (excluding diaryl/α,β-unsaturated/α-hetero) is 1. The largest absolute Gasteiger partial charge is 0.292 e. The molecule has 0 aliphatic rings. The number of nitrogens with zero attached hydrogens (tertiary/aromatic N) is 7. The zero-order chi connectivity index (χ0) is 23.1. The highest BCUT2D eigenvalue weighted by Crippen LogP contribution is 2.26. The first-order valence-corrected chi connectivity index (χ1v) is 10.4. The topological polar surface area (TPSA) is 90.9 Å². The van der Waals surface area contributed by atoms with E-state index in [1.165, 1.54) is 15.4 Å². The smallest absolute Gasteiger partial charge is 0.186 e. The molecule has 4 heterocycles. The van der Waals surface area contributed by atoms with Crippen LogP contribution in [0.4, 0.5) is 4.39 Å². The predicted molar refractivity (Wildman–Crippen MR) is 120 cm³/mol. The van der Waals surface area contributed by atoms with Crippen LogP contribution < -0.4 is 0 Å². The number of halogens is 1. The van der Waals surface area contributed by atoms with Crippen LogP contribution in [0, 0.1) is 19.7 Å². The van der Waals surface area contributed by atoms with Crippen LogP contribution in [0.15, 0.2) is 55.0 Å². The van der Waals surface area contributed by atoms with Crippen LogP contribution in [0.3, 0.4) is 0 Å². The molecule has 0 aliphatic heterocycles. The van der Waals surface area contributed by atoms with Gasteiger partial charge in [-0.1, -0.05) is 30.3 Å². The molecule has 0 bridgehead atoms. The van der Waals surface area contributed by atoms with Gasteiger partial charge in [0.15, 0.2) is 17.3 Å². The van der Waals surface area contributed by atoms with Crippen LogP contribution in [0.5, 0.6) is 0 Å². The number of aromatic nitrogens is 7. The fourth-order valence-electron chi connectivity index (χ4n) is 3.79. The van der Waals surface area contributed by atoms with Crippen molar-refractivity contribution < 1.29 is 9.18 Å². The maximum atomic E-state index is 14.9. The number of fused-ring (bicyclic) bond motifs is 1. The van der Waals surface area contributed by atoms with E-state index in [-0.39, 0.29) is 17.8 Å². The highest BCUT2D eigenvalue weighted by Gasteiger charge is 2.22. The van der Waals surface area contributed by atoms with Crippen LogP contribution in [0.2, 0.25) is 0 Å². The van der Waals surface area contributed by atoms with Gasteiger partial charge >= 0.3 is 0 Å². The fourth-order valence-corrected chi connectivity index (χ4v) is 3.79. The first kappa shape index (κ1) is 20.6. The van der Waals surface area contributed by atoms with Crippen molar-refractivity contribution in [1.82, 2.24) is 34.3 Å². The Kier molecular flexibility index (Phi) is 5.01. The van der Waals surface area contributed by atoms with Crippen LogP contribution in [0.1, 0.15) is 27.4 Å². The van der Waals surface area contributed by atoms with Crippen molar-refractivity contribution in [1.29, 1.82) is 0 Å². The van der Waals surface area contributed by atoms with Crippen LogP contribution in [0.25, 0.3) is 28.3 Å². The van der Waals surface area contributed by atoms with E-state index in [0.29, 0.717) is 34.2 Å². The second kappa shape index (κ2) is 8.01. The van der Waals surface area contributed by atoms with Gasteiger partial charge in [-0.25, -0.2) is 23.9 Å². The van der Waals surface area contributed by atoms with Crippen molar-refractivity contribution in [2.45, 2.75) is 20.3 Å². The third kappa shape index (κ3) is 3.78. The molecule has 0 aliphatic carbocycles. The third-order valence-electron chi connectivity index (χ3n) is 5.44. The van der Waals surface area contributed by atoms with E-state index in [9.17, 15) is 9.18 Å². The van der Waals surface area contributed by atoms with Gasteiger partial charge < -0.3 is 0 Å². The van der Waals surface area contributed by atoms with E-state index < -0.39 is 5.82 Å². The first-order valence-electron chi connectivity index (χ1n) is 10.4. The van der Waals surface area contributed by atoms with Gasteiger partial charge in [0.05, 0.1) is 18.1 Å². The summed E-state index contributed by atoms with van der Waals surface area (Å²) in [5.74, 6) is 0.280. The number of ketones is 1. The number of pyridine rings is 1. The Bertz CT molecular complexity index is 1500. The molecular weight excluding hydrogens is 421 g/mol. The summed E-state index contributed by atoms with van der Waals surface area (Å²) in [6.45, 7) is 3.66. The Morgan fingerprint density at radius 1 is 1.09 bits per heavy atom. The summed E-state index contributed by atoms with van der Waals surface area (Å²) in [5, 5.41) is 8.60. The molecule has 8 nitrogen and oxygen atoms in total. The third-order valence-corrected chi connectivity index (χ3v) is 5.44. The molecular formula is C24H20FN7O. The maximum absolute atomic E-state index is 14.9. The molecule has 5 rings (SSSR count). The molecule has 164 valence electrons. The number of hydrogen-bond acceptors (Lipinski definition) is 6. The Morgan fingerprint density at radius 2 is 1.88 bits per heavy atom. The number of carbonyl (C=O) groups is 1. The molecule has 4 aromatic heterocycles. The molecule has 0 radical (unpaired) electrons. The van der Waals surface area contributed by atoms with E-state index in [4.69, 9.17) is 0 Å². The Hall–Kier alpha value is -4.27. The number of aryl methyl sites for hydroxylation is 3. The molecule has 0 N–H and O–H groups in total. The lowest BCUT2D eigenvalue weighted by Gasteiger charge is -2.09. The summed E-state index contributed by atoms with van der Waals surface area (Å²) in [6.07, 6.45) is 4.42. The number of rotatable bonds is 5. The van der Waals surface area contributed by atoms with Crippen molar-refractivity contribution in [3.05, 3.63) is 83.5 Å². The molecule has 0 fully saturated rings. The zero-order valence-corrected chi connectivity index (χ0v) is 18.3. The van der Waals surface area contributed by atoms with Gasteiger partial charge in [0.2, 0.25) is 0 Å². The van der Waals surface area contributed by atoms with Crippen LogP contribution >= 0.6 is 0 Å². The Labute approximate surface area is 188 Å². The summed E-state index contributed by atoms with van der Waals surface area (Å²) in [6, 6.07) is 11.0. The summed E-state index contributed by atoms with van der Waals surface area (Å²) in [4.78, 5) is 26.5. The molecule has 0 atom stereocenters. The number of carbonyl (C=O) groups excluding carboxylic acids is 1. The van der Waals surface area contributed by atoms with Gasteiger partial charge in [0, 0.05) is 36.4 Å². The summed E-state index contributed by atoms with van der Waals surface area (Å²) < 4.78 is 17.8. The van der Waals surface area contributed by atoms with Gasteiger partial charge in [-0.3, -0.25) is 9.48 Å². The van der Waals surface area contributed by atoms with E-state index in [2.05, 4.69) is 25.1 Å². The van der Waals surface area contributed by atoms with E-state index in [1.54, 1.807) is 32.4 Å². The minimum atomic E-state index is -0.529. The van der Waals surface area contributed by atoms with Crippen molar-refractivity contribution >= 4 is 11.4 Å². The number of benzene rings is 1. The molecule has 0 spiro atoms. The second-order valence-corrected chi connectivity index (χ2v) is 7.83. The minimum absolute atomic E-state index is 0.147. The monoisotopic (exact) mass is 441 g/mol. The van der Waals surface area contributed by atoms with Gasteiger partial charge in [-0.15, -0.1) is 5.10 Å². The van der Waals surface area contributed by atoms with Crippen molar-refractivity contribution in [2.24, 2.45) is 7.05 Å². The lowest BCUT2D eigenvalue weighted by molar-refractivity contribution is 0.0983. The average molecular weight is 441 g/mol. The zero-order valence-electron chi connectivity index (χ0n) is 18.3. The van der Waals surface area contributed by atoms with Crippen molar-refractivity contribution in [3.8, 4) is 22.6 Å². The lowest BCUT2D eigenvalue weighted by Crippen LogP contribution is -2.13.